The zero-order chi connectivity index (χ0) is 9.03. The lowest BCUT2D eigenvalue weighted by molar-refractivity contribution is -0.139. The molecule has 0 amide bonds. The summed E-state index contributed by atoms with van der Waals surface area (Å²) in [6.45, 7) is 9.21. The van der Waals surface area contributed by atoms with Crippen molar-refractivity contribution in [1.29, 1.82) is 0 Å². The molecule has 72 valence electrons. The Bertz CT molecular complexity index is 134. The van der Waals surface area contributed by atoms with Crippen LogP contribution in [-0.4, -0.2) is 50.3 Å². The van der Waals surface area contributed by atoms with E-state index in [2.05, 4.69) is 17.3 Å². The maximum atomic E-state index is 5.20. The first-order valence-electron chi connectivity index (χ1n) is 4.83. The summed E-state index contributed by atoms with van der Waals surface area (Å²) >= 11 is 0. The van der Waals surface area contributed by atoms with Crippen LogP contribution in [0.5, 0.6) is 0 Å². The van der Waals surface area contributed by atoms with Crippen molar-refractivity contribution in [3.63, 3.8) is 0 Å². The van der Waals surface area contributed by atoms with Gasteiger partial charge < -0.3 is 10.1 Å². The van der Waals surface area contributed by atoms with Gasteiger partial charge >= 0.3 is 0 Å². The summed E-state index contributed by atoms with van der Waals surface area (Å²) in [7, 11) is 2.18. The molecule has 2 heterocycles. The maximum Gasteiger partial charge on any atom is 0.0802 e. The molecule has 0 aromatic rings. The van der Waals surface area contributed by atoms with Gasteiger partial charge in [-0.2, -0.15) is 0 Å². The molecule has 1 spiro atoms. The highest BCUT2D eigenvalue weighted by molar-refractivity contribution is 4.99. The van der Waals surface area contributed by atoms with E-state index >= 15 is 0 Å². The molecule has 12 heavy (non-hydrogen) atoms. The largest absolute Gasteiger partial charge is 0.377 e. The third kappa shape index (κ3) is 1.63. The van der Waals surface area contributed by atoms with Gasteiger partial charge in [0.1, 0.15) is 0 Å². The van der Waals surface area contributed by atoms with Gasteiger partial charge in [0.2, 0.25) is 0 Å². The molecule has 1 N–H and O–H groups in total. The van der Waals surface area contributed by atoms with Gasteiger partial charge in [0, 0.05) is 19.6 Å². The minimum Gasteiger partial charge on any atom is -0.377 e. The van der Waals surface area contributed by atoms with Gasteiger partial charge in [-0.25, -0.2) is 0 Å². The van der Waals surface area contributed by atoms with E-state index in [4.69, 9.17) is 4.74 Å². The molecule has 2 saturated heterocycles. The van der Waals surface area contributed by atoms with E-state index < -0.39 is 0 Å². The van der Waals surface area contributed by atoms with Gasteiger partial charge in [-0.1, -0.05) is 13.8 Å². The van der Waals surface area contributed by atoms with Crippen LogP contribution in [0.4, 0.5) is 0 Å². The maximum absolute atomic E-state index is 5.20. The summed E-state index contributed by atoms with van der Waals surface area (Å²) in [5.74, 6) is 0. The Kier molecular flexibility index (Phi) is 3.50. The Balaban J connectivity index is 0.000000336. The van der Waals surface area contributed by atoms with E-state index in [9.17, 15) is 0 Å². The van der Waals surface area contributed by atoms with Gasteiger partial charge in [0.05, 0.1) is 18.8 Å². The number of nitrogens with zero attached hydrogens (tertiary/aromatic N) is 1. The van der Waals surface area contributed by atoms with Crippen molar-refractivity contribution in [2.75, 3.05) is 39.9 Å². The Labute approximate surface area is 75.1 Å². The van der Waals surface area contributed by atoms with Crippen molar-refractivity contribution < 1.29 is 4.74 Å². The van der Waals surface area contributed by atoms with E-state index in [1.807, 2.05) is 13.8 Å². The second-order valence-electron chi connectivity index (χ2n) is 3.32. The van der Waals surface area contributed by atoms with Crippen LogP contribution in [-0.2, 0) is 4.74 Å². The van der Waals surface area contributed by atoms with Crippen molar-refractivity contribution in [2.24, 2.45) is 0 Å². The van der Waals surface area contributed by atoms with Crippen LogP contribution >= 0.6 is 0 Å². The molecule has 2 rings (SSSR count). The van der Waals surface area contributed by atoms with Gasteiger partial charge in [0.15, 0.2) is 0 Å². The highest BCUT2D eigenvalue weighted by Crippen LogP contribution is 2.24. The number of ether oxygens (including phenoxy) is 1. The quantitative estimate of drug-likeness (QED) is 0.569. The fraction of sp³-hybridized carbons (Fsp3) is 1.00. The normalized spacial score (nSPS) is 27.2. The van der Waals surface area contributed by atoms with E-state index in [0.717, 1.165) is 32.8 Å². The molecule has 2 aliphatic rings. The lowest BCUT2D eigenvalue weighted by Gasteiger charge is -2.51. The first-order chi connectivity index (χ1) is 5.83. The highest BCUT2D eigenvalue weighted by Gasteiger charge is 2.43. The molecular formula is C9H20N2O. The second kappa shape index (κ2) is 4.21. The lowest BCUT2D eigenvalue weighted by atomic mass is 9.93. The average molecular weight is 172 g/mol. The predicted molar refractivity (Wildman–Crippen MR) is 50.4 cm³/mol. The fourth-order valence-electron chi connectivity index (χ4n) is 1.60. The topological polar surface area (TPSA) is 24.5 Å². The summed E-state index contributed by atoms with van der Waals surface area (Å²) in [4.78, 5) is 2.41. The van der Waals surface area contributed by atoms with Crippen LogP contribution in [0, 0.1) is 0 Å². The van der Waals surface area contributed by atoms with Crippen molar-refractivity contribution in [3.8, 4) is 0 Å². The van der Waals surface area contributed by atoms with Crippen LogP contribution in [0.15, 0.2) is 0 Å². The number of hydrogen-bond acceptors (Lipinski definition) is 3. The molecule has 0 aromatic heterocycles. The van der Waals surface area contributed by atoms with Crippen LogP contribution in [0.2, 0.25) is 0 Å². The van der Waals surface area contributed by atoms with E-state index in [1.165, 1.54) is 0 Å². The zero-order valence-electron chi connectivity index (χ0n) is 8.39. The van der Waals surface area contributed by atoms with Crippen LogP contribution in [0.3, 0.4) is 0 Å². The first-order valence-corrected chi connectivity index (χ1v) is 4.83. The predicted octanol–water partition coefficient (Wildman–Crippen LogP) is 0.317. The summed E-state index contributed by atoms with van der Waals surface area (Å²) in [6, 6.07) is 0. The van der Waals surface area contributed by atoms with Gasteiger partial charge in [-0.3, -0.25) is 4.90 Å². The van der Waals surface area contributed by atoms with Crippen molar-refractivity contribution in [1.82, 2.24) is 10.2 Å². The Morgan fingerprint density at radius 1 is 1.33 bits per heavy atom. The third-order valence-corrected chi connectivity index (χ3v) is 2.63. The van der Waals surface area contributed by atoms with E-state index in [0.29, 0.717) is 5.54 Å². The Hall–Kier alpha value is -0.120. The number of rotatable bonds is 0. The molecular weight excluding hydrogens is 152 g/mol. The lowest BCUT2D eigenvalue weighted by Crippen LogP contribution is -2.69. The molecule has 2 fully saturated rings. The molecule has 3 heteroatoms. The molecule has 0 saturated carbocycles. The number of nitrogens with one attached hydrogen (secondary N) is 1. The zero-order valence-corrected chi connectivity index (χ0v) is 8.39. The minimum atomic E-state index is 0.359. The number of hydrogen-bond donors (Lipinski definition) is 1. The highest BCUT2D eigenvalue weighted by atomic mass is 16.5. The van der Waals surface area contributed by atoms with Crippen molar-refractivity contribution in [2.45, 2.75) is 19.4 Å². The average Bonchev–Trinajstić information content (AvgIpc) is 2.06. The first kappa shape index (κ1) is 9.96. The molecule has 0 bridgehead atoms. The molecule has 3 nitrogen and oxygen atoms in total. The van der Waals surface area contributed by atoms with E-state index in [-0.39, 0.29) is 0 Å². The summed E-state index contributed by atoms with van der Waals surface area (Å²) in [5.41, 5.74) is 0.359. The van der Waals surface area contributed by atoms with Crippen LogP contribution in [0.25, 0.3) is 0 Å². The van der Waals surface area contributed by atoms with Crippen molar-refractivity contribution >= 4 is 0 Å². The molecule has 2 aliphatic heterocycles. The second-order valence-corrected chi connectivity index (χ2v) is 3.32. The fourth-order valence-corrected chi connectivity index (χ4v) is 1.60. The molecule has 0 unspecified atom stereocenters. The van der Waals surface area contributed by atoms with Crippen molar-refractivity contribution in [3.05, 3.63) is 0 Å². The molecule has 0 aliphatic carbocycles. The minimum absolute atomic E-state index is 0.359. The monoisotopic (exact) mass is 172 g/mol. The Morgan fingerprint density at radius 2 is 2.00 bits per heavy atom. The summed E-state index contributed by atoms with van der Waals surface area (Å²) in [6.07, 6.45) is 0. The molecule has 0 aromatic carbocycles. The summed E-state index contributed by atoms with van der Waals surface area (Å²) in [5, 5.41) is 3.39. The Morgan fingerprint density at radius 3 is 2.33 bits per heavy atom. The van der Waals surface area contributed by atoms with Gasteiger partial charge in [0.25, 0.3) is 0 Å². The van der Waals surface area contributed by atoms with Gasteiger partial charge in [-0.05, 0) is 7.05 Å². The molecule has 0 atom stereocenters. The third-order valence-electron chi connectivity index (χ3n) is 2.63. The number of likely N-dealkylation sites (N-methyl/N-ethyl adjacent to an activating group) is 1. The molecule has 0 radical (unpaired) electrons. The SMILES string of the molecule is CC.CN1CCNCC12COC2. The van der Waals surface area contributed by atoms with Crippen LogP contribution < -0.4 is 5.32 Å². The van der Waals surface area contributed by atoms with E-state index in [1.54, 1.807) is 0 Å². The van der Waals surface area contributed by atoms with Gasteiger partial charge in [-0.15, -0.1) is 0 Å². The van der Waals surface area contributed by atoms with Crippen LogP contribution in [0.1, 0.15) is 13.8 Å². The standard InChI is InChI=1S/C7H14N2O.C2H6/c1-9-3-2-8-4-7(9)5-10-6-7;1-2/h8H,2-6H2,1H3;1-2H3. The smallest absolute Gasteiger partial charge is 0.0802 e. The summed E-state index contributed by atoms with van der Waals surface area (Å²) < 4.78 is 5.20. The number of piperazine rings is 1.